The molecule has 0 aromatic heterocycles. The van der Waals surface area contributed by atoms with E-state index in [0.717, 1.165) is 39.1 Å². The molecule has 0 saturated heterocycles. The highest BCUT2D eigenvalue weighted by atomic mass is 16.1. The van der Waals surface area contributed by atoms with Crippen molar-refractivity contribution in [2.45, 2.75) is 26.7 Å². The van der Waals surface area contributed by atoms with Crippen molar-refractivity contribution in [1.29, 1.82) is 0 Å². The molecule has 0 heterocycles. The maximum absolute atomic E-state index is 10.9. The lowest BCUT2D eigenvalue weighted by molar-refractivity contribution is -0.120. The van der Waals surface area contributed by atoms with Gasteiger partial charge in [-0.3, -0.25) is 4.79 Å². The van der Waals surface area contributed by atoms with Crippen molar-refractivity contribution >= 4 is 5.91 Å². The van der Waals surface area contributed by atoms with Crippen molar-refractivity contribution in [3.63, 3.8) is 0 Å². The molecule has 0 bridgehead atoms. The summed E-state index contributed by atoms with van der Waals surface area (Å²) in [7, 11) is 1.67. The average molecular weight is 215 g/mol. The summed E-state index contributed by atoms with van der Waals surface area (Å²) >= 11 is 0. The standard InChI is InChI=1S/C11H25N3O/c1-4-14(5-2)10-6-8-13-9-7-11(15)12-3/h13H,4-10H2,1-3H3,(H,12,15). The Hall–Kier alpha value is -0.610. The highest BCUT2D eigenvalue weighted by Crippen LogP contribution is 1.89. The summed E-state index contributed by atoms with van der Waals surface area (Å²) in [5.74, 6) is 0.103. The number of amides is 1. The lowest BCUT2D eigenvalue weighted by Gasteiger charge is -2.17. The molecule has 0 rings (SSSR count). The van der Waals surface area contributed by atoms with Crippen LogP contribution in [0.25, 0.3) is 0 Å². The first-order valence-corrected chi connectivity index (χ1v) is 5.88. The predicted octanol–water partition coefficient (Wildman–Crippen LogP) is 0.444. The van der Waals surface area contributed by atoms with Gasteiger partial charge in [0.15, 0.2) is 0 Å². The van der Waals surface area contributed by atoms with E-state index >= 15 is 0 Å². The summed E-state index contributed by atoms with van der Waals surface area (Å²) in [4.78, 5) is 13.3. The Kier molecular flexibility index (Phi) is 9.52. The van der Waals surface area contributed by atoms with Crippen molar-refractivity contribution in [3.05, 3.63) is 0 Å². The number of nitrogens with one attached hydrogen (secondary N) is 2. The lowest BCUT2D eigenvalue weighted by atomic mass is 10.3. The Balaban J connectivity index is 3.21. The molecular weight excluding hydrogens is 190 g/mol. The smallest absolute Gasteiger partial charge is 0.221 e. The number of nitrogens with zero attached hydrogens (tertiary/aromatic N) is 1. The molecule has 2 N–H and O–H groups in total. The Bertz CT molecular complexity index is 158. The van der Waals surface area contributed by atoms with Crippen LogP contribution in [0.5, 0.6) is 0 Å². The Morgan fingerprint density at radius 1 is 1.20 bits per heavy atom. The Morgan fingerprint density at radius 3 is 2.40 bits per heavy atom. The van der Waals surface area contributed by atoms with E-state index in [1.165, 1.54) is 0 Å². The molecule has 0 aliphatic heterocycles. The maximum atomic E-state index is 10.9. The van der Waals surface area contributed by atoms with Gasteiger partial charge in [-0.1, -0.05) is 13.8 Å². The van der Waals surface area contributed by atoms with Gasteiger partial charge in [0.2, 0.25) is 5.91 Å². The third kappa shape index (κ3) is 8.39. The molecule has 1 amide bonds. The molecule has 0 radical (unpaired) electrons. The molecule has 90 valence electrons. The van der Waals surface area contributed by atoms with Gasteiger partial charge < -0.3 is 15.5 Å². The fraction of sp³-hybridized carbons (Fsp3) is 0.909. The third-order valence-corrected chi connectivity index (χ3v) is 2.53. The quantitative estimate of drug-likeness (QED) is 0.549. The summed E-state index contributed by atoms with van der Waals surface area (Å²) < 4.78 is 0. The zero-order valence-corrected chi connectivity index (χ0v) is 10.3. The fourth-order valence-electron chi connectivity index (χ4n) is 1.42. The second-order valence-corrected chi connectivity index (χ2v) is 3.55. The molecule has 0 unspecified atom stereocenters. The summed E-state index contributed by atoms with van der Waals surface area (Å²) in [5, 5.41) is 5.87. The van der Waals surface area contributed by atoms with E-state index in [1.807, 2.05) is 0 Å². The molecule has 0 aliphatic carbocycles. The molecule has 0 saturated carbocycles. The van der Waals surface area contributed by atoms with Crippen LogP contribution in [0, 0.1) is 0 Å². The summed E-state index contributed by atoms with van der Waals surface area (Å²) in [6, 6.07) is 0. The molecule has 4 nitrogen and oxygen atoms in total. The molecule has 0 fully saturated rings. The van der Waals surface area contributed by atoms with Gasteiger partial charge >= 0.3 is 0 Å². The van der Waals surface area contributed by atoms with Crippen LogP contribution in [0.2, 0.25) is 0 Å². The topological polar surface area (TPSA) is 44.4 Å². The number of hydrogen-bond donors (Lipinski definition) is 2. The zero-order valence-electron chi connectivity index (χ0n) is 10.3. The van der Waals surface area contributed by atoms with E-state index in [0.29, 0.717) is 6.42 Å². The second-order valence-electron chi connectivity index (χ2n) is 3.55. The zero-order chi connectivity index (χ0) is 11.5. The van der Waals surface area contributed by atoms with Crippen molar-refractivity contribution in [3.8, 4) is 0 Å². The van der Waals surface area contributed by atoms with Crippen molar-refractivity contribution < 1.29 is 4.79 Å². The van der Waals surface area contributed by atoms with Crippen LogP contribution < -0.4 is 10.6 Å². The highest BCUT2D eigenvalue weighted by Gasteiger charge is 1.98. The normalized spacial score (nSPS) is 10.7. The van der Waals surface area contributed by atoms with Crippen LogP contribution >= 0.6 is 0 Å². The van der Waals surface area contributed by atoms with Gasteiger partial charge in [0, 0.05) is 20.0 Å². The number of rotatable bonds is 9. The van der Waals surface area contributed by atoms with Gasteiger partial charge in [0.1, 0.15) is 0 Å². The molecule has 0 aliphatic rings. The molecular formula is C11H25N3O. The SMILES string of the molecule is CCN(CC)CCCNCCC(=O)NC. The minimum absolute atomic E-state index is 0.103. The first-order chi connectivity index (χ1) is 7.24. The van der Waals surface area contributed by atoms with E-state index in [-0.39, 0.29) is 5.91 Å². The molecule has 0 aromatic carbocycles. The van der Waals surface area contributed by atoms with E-state index in [4.69, 9.17) is 0 Å². The Labute approximate surface area is 93.4 Å². The van der Waals surface area contributed by atoms with E-state index in [2.05, 4.69) is 29.4 Å². The van der Waals surface area contributed by atoms with Gasteiger partial charge in [-0.2, -0.15) is 0 Å². The van der Waals surface area contributed by atoms with E-state index in [9.17, 15) is 4.79 Å². The van der Waals surface area contributed by atoms with Crippen LogP contribution in [0.3, 0.4) is 0 Å². The molecule has 4 heteroatoms. The molecule has 0 spiro atoms. The third-order valence-electron chi connectivity index (χ3n) is 2.53. The number of hydrogen-bond acceptors (Lipinski definition) is 3. The van der Waals surface area contributed by atoms with Crippen molar-refractivity contribution in [2.24, 2.45) is 0 Å². The highest BCUT2D eigenvalue weighted by molar-refractivity contribution is 5.75. The number of carbonyl (C=O) groups is 1. The van der Waals surface area contributed by atoms with Crippen molar-refractivity contribution in [1.82, 2.24) is 15.5 Å². The summed E-state index contributed by atoms with van der Waals surface area (Å²) in [5.41, 5.74) is 0. The van der Waals surface area contributed by atoms with Crippen LogP contribution in [0.15, 0.2) is 0 Å². The minimum Gasteiger partial charge on any atom is -0.359 e. The molecule has 15 heavy (non-hydrogen) atoms. The van der Waals surface area contributed by atoms with E-state index < -0.39 is 0 Å². The number of carbonyl (C=O) groups excluding carboxylic acids is 1. The van der Waals surface area contributed by atoms with Crippen LogP contribution in [0.4, 0.5) is 0 Å². The summed E-state index contributed by atoms with van der Waals surface area (Å²) in [6.07, 6.45) is 1.72. The van der Waals surface area contributed by atoms with Gasteiger partial charge in [-0.05, 0) is 32.6 Å². The molecule has 0 atom stereocenters. The maximum Gasteiger partial charge on any atom is 0.221 e. The van der Waals surface area contributed by atoms with E-state index in [1.54, 1.807) is 7.05 Å². The van der Waals surface area contributed by atoms with Crippen LogP contribution in [-0.4, -0.2) is 50.6 Å². The first kappa shape index (κ1) is 14.4. The van der Waals surface area contributed by atoms with Crippen LogP contribution in [-0.2, 0) is 4.79 Å². The first-order valence-electron chi connectivity index (χ1n) is 5.88. The van der Waals surface area contributed by atoms with Gasteiger partial charge in [0.25, 0.3) is 0 Å². The molecule has 0 aromatic rings. The summed E-state index contributed by atoms with van der Waals surface area (Å²) in [6.45, 7) is 9.51. The monoisotopic (exact) mass is 215 g/mol. The van der Waals surface area contributed by atoms with Gasteiger partial charge in [0.05, 0.1) is 0 Å². The largest absolute Gasteiger partial charge is 0.359 e. The minimum atomic E-state index is 0.103. The Morgan fingerprint density at radius 2 is 1.87 bits per heavy atom. The second kappa shape index (κ2) is 9.93. The fourth-order valence-corrected chi connectivity index (χ4v) is 1.42. The van der Waals surface area contributed by atoms with Gasteiger partial charge in [-0.15, -0.1) is 0 Å². The average Bonchev–Trinajstić information content (AvgIpc) is 2.28. The lowest BCUT2D eigenvalue weighted by Crippen LogP contribution is -2.29. The van der Waals surface area contributed by atoms with Crippen molar-refractivity contribution in [2.75, 3.05) is 39.8 Å². The predicted molar refractivity (Wildman–Crippen MR) is 64.0 cm³/mol. The van der Waals surface area contributed by atoms with Crippen LogP contribution in [0.1, 0.15) is 26.7 Å². The van der Waals surface area contributed by atoms with Gasteiger partial charge in [-0.25, -0.2) is 0 Å².